The monoisotopic (exact) mass is 499 g/mol. The Bertz CT molecular complexity index is 1330. The molecule has 1 aliphatic rings. The number of anilines is 1. The van der Waals surface area contributed by atoms with E-state index < -0.39 is 17.9 Å². The molecule has 0 saturated heterocycles. The van der Waals surface area contributed by atoms with Crippen LogP contribution < -0.4 is 10.9 Å². The van der Waals surface area contributed by atoms with Gasteiger partial charge in [0.2, 0.25) is 5.91 Å². The molecule has 0 radical (unpaired) electrons. The number of ether oxygens (including phenoxy) is 1. The summed E-state index contributed by atoms with van der Waals surface area (Å²) in [4.78, 5) is 45.8. The molecule has 4 rings (SSSR count). The van der Waals surface area contributed by atoms with Gasteiger partial charge in [0, 0.05) is 11.9 Å². The molecule has 2 unspecified atom stereocenters. The molecular weight excluding hydrogens is 466 g/mol. The second-order valence-corrected chi connectivity index (χ2v) is 11.2. The molecule has 188 valence electrons. The number of thiophene rings is 1. The Morgan fingerprint density at radius 1 is 1.31 bits per heavy atom. The summed E-state index contributed by atoms with van der Waals surface area (Å²) in [6.07, 6.45) is 6.04. The van der Waals surface area contributed by atoms with Gasteiger partial charge in [-0.25, -0.2) is 9.78 Å². The van der Waals surface area contributed by atoms with Gasteiger partial charge in [-0.1, -0.05) is 27.7 Å². The van der Waals surface area contributed by atoms with E-state index in [0.717, 1.165) is 29.7 Å². The molecule has 35 heavy (non-hydrogen) atoms. The number of amides is 1. The van der Waals surface area contributed by atoms with Gasteiger partial charge in [0.1, 0.15) is 22.3 Å². The van der Waals surface area contributed by atoms with E-state index >= 15 is 0 Å². The smallest absolute Gasteiger partial charge is 0.343 e. The average Bonchev–Trinajstić information content (AvgIpc) is 3.35. The standard InChI is InChI=1S/C25H33N5O4S/c1-7-17(21(31)28-20-16(12-27-29(20)6)24(33)34-8-2)30-13-26-22-19(23(30)32)15-10-9-14(25(3,4)5)11-18(15)35-22/h12-14,17H,7-11H2,1-6H3,(H,28,31). The summed E-state index contributed by atoms with van der Waals surface area (Å²) in [5.41, 5.74) is 1.27. The van der Waals surface area contributed by atoms with Crippen LogP contribution in [0.5, 0.6) is 0 Å². The first-order valence-electron chi connectivity index (χ1n) is 12.1. The number of aryl methyl sites for hydroxylation is 2. The van der Waals surface area contributed by atoms with Crippen molar-refractivity contribution in [3.8, 4) is 0 Å². The quantitative estimate of drug-likeness (QED) is 0.512. The highest BCUT2D eigenvalue weighted by Crippen LogP contribution is 2.42. The molecule has 10 heteroatoms. The molecule has 3 aromatic heterocycles. The third kappa shape index (κ3) is 4.63. The van der Waals surface area contributed by atoms with Crippen LogP contribution in [0.2, 0.25) is 0 Å². The van der Waals surface area contributed by atoms with E-state index in [1.807, 2.05) is 6.92 Å². The molecule has 3 heterocycles. The zero-order chi connectivity index (χ0) is 25.5. The van der Waals surface area contributed by atoms with Gasteiger partial charge in [0.05, 0.1) is 24.5 Å². The van der Waals surface area contributed by atoms with Crippen molar-refractivity contribution < 1.29 is 14.3 Å². The Balaban J connectivity index is 1.67. The van der Waals surface area contributed by atoms with Gasteiger partial charge in [-0.2, -0.15) is 5.10 Å². The van der Waals surface area contributed by atoms with E-state index in [0.29, 0.717) is 17.7 Å². The molecule has 0 fully saturated rings. The molecule has 1 N–H and O–H groups in total. The predicted octanol–water partition coefficient (Wildman–Crippen LogP) is 4.11. The third-order valence-electron chi connectivity index (χ3n) is 6.92. The summed E-state index contributed by atoms with van der Waals surface area (Å²) in [5.74, 6) is -0.188. The fourth-order valence-electron chi connectivity index (χ4n) is 4.79. The maximum Gasteiger partial charge on any atom is 0.343 e. The number of fused-ring (bicyclic) bond motifs is 3. The van der Waals surface area contributed by atoms with Crippen LogP contribution in [0.1, 0.15) is 74.3 Å². The summed E-state index contributed by atoms with van der Waals surface area (Å²) in [6.45, 7) is 10.6. The molecule has 3 aromatic rings. The van der Waals surface area contributed by atoms with E-state index in [1.165, 1.54) is 26.7 Å². The Labute approximate surface area is 208 Å². The van der Waals surface area contributed by atoms with Crippen LogP contribution in [-0.4, -0.2) is 37.8 Å². The number of hydrogen-bond donors (Lipinski definition) is 1. The number of hydrogen-bond acceptors (Lipinski definition) is 7. The maximum atomic E-state index is 13.6. The lowest BCUT2D eigenvalue weighted by molar-refractivity contribution is -0.119. The molecule has 0 aliphatic heterocycles. The SMILES string of the molecule is CCOC(=O)c1cnn(C)c1NC(=O)C(CC)n1cnc2sc3c(c2c1=O)CCC(C(C)(C)C)C3. The van der Waals surface area contributed by atoms with Crippen molar-refractivity contribution in [2.24, 2.45) is 18.4 Å². The molecule has 0 bridgehead atoms. The topological polar surface area (TPSA) is 108 Å². The van der Waals surface area contributed by atoms with Gasteiger partial charge in [0.15, 0.2) is 0 Å². The van der Waals surface area contributed by atoms with Gasteiger partial charge < -0.3 is 10.1 Å². The summed E-state index contributed by atoms with van der Waals surface area (Å²) >= 11 is 1.60. The minimum absolute atomic E-state index is 0.166. The highest BCUT2D eigenvalue weighted by atomic mass is 32.1. The number of aromatic nitrogens is 4. The minimum atomic E-state index is -0.786. The van der Waals surface area contributed by atoms with E-state index in [2.05, 4.69) is 36.2 Å². The first-order chi connectivity index (χ1) is 16.6. The van der Waals surface area contributed by atoms with Gasteiger partial charge >= 0.3 is 5.97 Å². The second-order valence-electron chi connectivity index (χ2n) is 10.1. The zero-order valence-electron chi connectivity index (χ0n) is 21.2. The lowest BCUT2D eigenvalue weighted by atomic mass is 9.72. The number of rotatable bonds is 6. The fraction of sp³-hybridized carbons (Fsp3) is 0.560. The molecule has 9 nitrogen and oxygen atoms in total. The van der Waals surface area contributed by atoms with Crippen molar-refractivity contribution in [2.45, 2.75) is 66.3 Å². The molecule has 1 amide bonds. The van der Waals surface area contributed by atoms with Crippen molar-refractivity contribution in [1.29, 1.82) is 0 Å². The first-order valence-corrected chi connectivity index (χ1v) is 12.9. The van der Waals surface area contributed by atoms with Crippen LogP contribution in [0.3, 0.4) is 0 Å². The van der Waals surface area contributed by atoms with Crippen LogP contribution in [0.15, 0.2) is 17.3 Å². The van der Waals surface area contributed by atoms with Gasteiger partial charge in [-0.15, -0.1) is 11.3 Å². The Hall–Kier alpha value is -3.01. The highest BCUT2D eigenvalue weighted by molar-refractivity contribution is 7.18. The van der Waals surface area contributed by atoms with Crippen molar-refractivity contribution in [3.63, 3.8) is 0 Å². The average molecular weight is 500 g/mol. The number of nitrogens with one attached hydrogen (secondary N) is 1. The summed E-state index contributed by atoms with van der Waals surface area (Å²) in [6, 6.07) is -0.786. The van der Waals surface area contributed by atoms with Gasteiger partial charge in [-0.05, 0) is 49.5 Å². The summed E-state index contributed by atoms with van der Waals surface area (Å²) in [5, 5.41) is 7.49. The summed E-state index contributed by atoms with van der Waals surface area (Å²) in [7, 11) is 1.63. The van der Waals surface area contributed by atoms with E-state index in [9.17, 15) is 14.4 Å². The van der Waals surface area contributed by atoms with Crippen LogP contribution in [0, 0.1) is 11.3 Å². The number of esters is 1. The molecule has 2 atom stereocenters. The number of carbonyl (C=O) groups excluding carboxylic acids is 2. The maximum absolute atomic E-state index is 13.6. The molecular formula is C25H33N5O4S. The van der Waals surface area contributed by atoms with E-state index in [-0.39, 0.29) is 29.0 Å². The Kier molecular flexibility index (Phi) is 6.86. The van der Waals surface area contributed by atoms with Crippen LogP contribution in [-0.2, 0) is 29.4 Å². The molecule has 0 saturated carbocycles. The van der Waals surface area contributed by atoms with Crippen LogP contribution >= 0.6 is 11.3 Å². The largest absolute Gasteiger partial charge is 0.462 e. The van der Waals surface area contributed by atoms with Gasteiger partial charge in [-0.3, -0.25) is 18.8 Å². The molecule has 0 spiro atoms. The van der Waals surface area contributed by atoms with Crippen molar-refractivity contribution in [1.82, 2.24) is 19.3 Å². The Morgan fingerprint density at radius 3 is 2.71 bits per heavy atom. The minimum Gasteiger partial charge on any atom is -0.462 e. The van der Waals surface area contributed by atoms with Crippen molar-refractivity contribution >= 4 is 39.2 Å². The van der Waals surface area contributed by atoms with E-state index in [4.69, 9.17) is 4.74 Å². The molecule has 0 aromatic carbocycles. The van der Waals surface area contributed by atoms with Crippen molar-refractivity contribution in [2.75, 3.05) is 11.9 Å². The fourth-order valence-corrected chi connectivity index (χ4v) is 6.05. The zero-order valence-corrected chi connectivity index (χ0v) is 22.0. The third-order valence-corrected chi connectivity index (χ3v) is 8.08. The lowest BCUT2D eigenvalue weighted by Crippen LogP contribution is -2.34. The normalized spacial score (nSPS) is 16.7. The second kappa shape index (κ2) is 9.56. The van der Waals surface area contributed by atoms with Crippen LogP contribution in [0.25, 0.3) is 10.2 Å². The van der Waals surface area contributed by atoms with Crippen LogP contribution in [0.4, 0.5) is 5.82 Å². The number of nitrogens with zero attached hydrogens (tertiary/aromatic N) is 4. The number of carbonyl (C=O) groups is 2. The van der Waals surface area contributed by atoms with Gasteiger partial charge in [0.25, 0.3) is 5.56 Å². The first kappa shape index (κ1) is 25.1. The lowest BCUT2D eigenvalue weighted by Gasteiger charge is -2.33. The predicted molar refractivity (Wildman–Crippen MR) is 136 cm³/mol. The highest BCUT2D eigenvalue weighted by Gasteiger charge is 2.32. The van der Waals surface area contributed by atoms with E-state index in [1.54, 1.807) is 25.3 Å². The summed E-state index contributed by atoms with van der Waals surface area (Å²) < 4.78 is 7.89. The Morgan fingerprint density at radius 2 is 2.06 bits per heavy atom. The molecule has 1 aliphatic carbocycles. The van der Waals surface area contributed by atoms with Crippen molar-refractivity contribution in [3.05, 3.63) is 38.9 Å².